The number of hydrogen-bond acceptors (Lipinski definition) is 4. The molecule has 0 saturated carbocycles. The molecule has 94 valence electrons. The summed E-state index contributed by atoms with van der Waals surface area (Å²) in [7, 11) is 1.63. The van der Waals surface area contributed by atoms with Crippen LogP contribution in [-0.2, 0) is 14.3 Å². The molecule has 0 aromatic heterocycles. The molecule has 5 heteroatoms. The first-order valence-corrected chi connectivity index (χ1v) is 5.79. The van der Waals surface area contributed by atoms with Crippen molar-refractivity contribution in [2.75, 3.05) is 33.5 Å². The molecule has 2 N–H and O–H groups in total. The molecular formula is C11H22N2O3. The molecule has 0 aromatic carbocycles. The van der Waals surface area contributed by atoms with Crippen LogP contribution in [0.4, 0.5) is 0 Å². The SMILES string of the molecule is CCNC1COCC1C(=O)NC(C)COC. The lowest BCUT2D eigenvalue weighted by Crippen LogP contribution is -2.47. The van der Waals surface area contributed by atoms with Crippen LogP contribution in [0.2, 0.25) is 0 Å². The van der Waals surface area contributed by atoms with Crippen molar-refractivity contribution >= 4 is 5.91 Å². The summed E-state index contributed by atoms with van der Waals surface area (Å²) in [6.45, 7) is 6.46. The standard InChI is InChI=1S/C11H22N2O3/c1-4-12-10-7-16-6-9(10)11(14)13-8(2)5-15-3/h8-10,12H,4-7H2,1-3H3,(H,13,14). The Morgan fingerprint density at radius 1 is 1.56 bits per heavy atom. The highest BCUT2D eigenvalue weighted by molar-refractivity contribution is 5.80. The minimum absolute atomic E-state index is 0.0420. The van der Waals surface area contributed by atoms with E-state index in [9.17, 15) is 4.79 Å². The molecule has 1 fully saturated rings. The highest BCUT2D eigenvalue weighted by Crippen LogP contribution is 2.13. The maximum absolute atomic E-state index is 11.9. The van der Waals surface area contributed by atoms with Crippen molar-refractivity contribution in [2.45, 2.75) is 25.9 Å². The van der Waals surface area contributed by atoms with Crippen molar-refractivity contribution in [2.24, 2.45) is 5.92 Å². The third-order valence-corrected chi connectivity index (χ3v) is 2.69. The Kier molecular flexibility index (Phi) is 5.73. The summed E-state index contributed by atoms with van der Waals surface area (Å²) >= 11 is 0. The first-order chi connectivity index (χ1) is 7.69. The van der Waals surface area contributed by atoms with Gasteiger partial charge in [-0.3, -0.25) is 4.79 Å². The van der Waals surface area contributed by atoms with E-state index in [0.29, 0.717) is 19.8 Å². The van der Waals surface area contributed by atoms with Gasteiger partial charge in [0.15, 0.2) is 0 Å². The third-order valence-electron chi connectivity index (χ3n) is 2.69. The molecule has 1 aliphatic heterocycles. The summed E-state index contributed by atoms with van der Waals surface area (Å²) in [5.41, 5.74) is 0. The minimum atomic E-state index is -0.0840. The van der Waals surface area contributed by atoms with Gasteiger partial charge in [-0.15, -0.1) is 0 Å². The van der Waals surface area contributed by atoms with Crippen LogP contribution in [-0.4, -0.2) is 51.5 Å². The average molecular weight is 230 g/mol. The number of rotatable bonds is 6. The van der Waals surface area contributed by atoms with Gasteiger partial charge in [-0.1, -0.05) is 6.92 Å². The van der Waals surface area contributed by atoms with E-state index in [1.807, 2.05) is 13.8 Å². The minimum Gasteiger partial charge on any atom is -0.383 e. The van der Waals surface area contributed by atoms with Gasteiger partial charge in [0.25, 0.3) is 0 Å². The van der Waals surface area contributed by atoms with Gasteiger partial charge in [0.2, 0.25) is 5.91 Å². The van der Waals surface area contributed by atoms with Crippen LogP contribution in [0.5, 0.6) is 0 Å². The zero-order chi connectivity index (χ0) is 12.0. The van der Waals surface area contributed by atoms with Gasteiger partial charge in [0.05, 0.1) is 25.7 Å². The fourth-order valence-corrected chi connectivity index (χ4v) is 1.92. The molecule has 0 spiro atoms. The molecule has 3 unspecified atom stereocenters. The molecule has 3 atom stereocenters. The lowest BCUT2D eigenvalue weighted by Gasteiger charge is -2.20. The zero-order valence-electron chi connectivity index (χ0n) is 10.3. The van der Waals surface area contributed by atoms with E-state index < -0.39 is 0 Å². The summed E-state index contributed by atoms with van der Waals surface area (Å²) < 4.78 is 10.3. The predicted molar refractivity (Wildman–Crippen MR) is 61.3 cm³/mol. The molecule has 1 aliphatic rings. The average Bonchev–Trinajstić information content (AvgIpc) is 2.66. The van der Waals surface area contributed by atoms with Crippen LogP contribution in [0.15, 0.2) is 0 Å². The number of carbonyl (C=O) groups is 1. The van der Waals surface area contributed by atoms with Gasteiger partial charge >= 0.3 is 0 Å². The number of carbonyl (C=O) groups excluding carboxylic acids is 1. The quantitative estimate of drug-likeness (QED) is 0.661. The predicted octanol–water partition coefficient (Wildman–Crippen LogP) is -0.238. The molecule has 0 radical (unpaired) electrons. The van der Waals surface area contributed by atoms with Crippen molar-refractivity contribution in [3.8, 4) is 0 Å². The number of nitrogens with one attached hydrogen (secondary N) is 2. The van der Waals surface area contributed by atoms with Gasteiger partial charge in [0.1, 0.15) is 0 Å². The topological polar surface area (TPSA) is 59.6 Å². The Morgan fingerprint density at radius 3 is 2.94 bits per heavy atom. The summed E-state index contributed by atoms with van der Waals surface area (Å²) in [6, 6.07) is 0.181. The lowest BCUT2D eigenvalue weighted by atomic mass is 10.0. The molecule has 1 rings (SSSR count). The number of likely N-dealkylation sites (N-methyl/N-ethyl adjacent to an activating group) is 1. The number of methoxy groups -OCH3 is 1. The fourth-order valence-electron chi connectivity index (χ4n) is 1.92. The zero-order valence-corrected chi connectivity index (χ0v) is 10.3. The number of amides is 1. The lowest BCUT2D eigenvalue weighted by molar-refractivity contribution is -0.126. The molecule has 1 saturated heterocycles. The van der Waals surface area contributed by atoms with Crippen LogP contribution >= 0.6 is 0 Å². The Morgan fingerprint density at radius 2 is 2.31 bits per heavy atom. The molecule has 0 aliphatic carbocycles. The van der Waals surface area contributed by atoms with E-state index >= 15 is 0 Å². The van der Waals surface area contributed by atoms with E-state index in [1.165, 1.54) is 0 Å². The van der Waals surface area contributed by atoms with Crippen LogP contribution in [0, 0.1) is 5.92 Å². The number of hydrogen-bond donors (Lipinski definition) is 2. The first kappa shape index (κ1) is 13.4. The van der Waals surface area contributed by atoms with Crippen LogP contribution in [0.3, 0.4) is 0 Å². The first-order valence-electron chi connectivity index (χ1n) is 5.79. The molecular weight excluding hydrogens is 208 g/mol. The summed E-state index contributed by atoms with van der Waals surface area (Å²) in [4.78, 5) is 11.9. The van der Waals surface area contributed by atoms with Crippen molar-refractivity contribution in [3.63, 3.8) is 0 Å². The van der Waals surface area contributed by atoms with Crippen molar-refractivity contribution < 1.29 is 14.3 Å². The van der Waals surface area contributed by atoms with Gasteiger partial charge in [-0.25, -0.2) is 0 Å². The maximum atomic E-state index is 11.9. The highest BCUT2D eigenvalue weighted by atomic mass is 16.5. The normalized spacial score (nSPS) is 26.7. The molecule has 1 amide bonds. The highest BCUT2D eigenvalue weighted by Gasteiger charge is 2.33. The van der Waals surface area contributed by atoms with E-state index in [-0.39, 0.29) is 23.9 Å². The van der Waals surface area contributed by atoms with Crippen LogP contribution in [0.1, 0.15) is 13.8 Å². The second-order valence-corrected chi connectivity index (χ2v) is 4.17. The second-order valence-electron chi connectivity index (χ2n) is 4.17. The molecule has 1 heterocycles. The van der Waals surface area contributed by atoms with Crippen molar-refractivity contribution in [1.82, 2.24) is 10.6 Å². The van der Waals surface area contributed by atoms with E-state index in [2.05, 4.69) is 10.6 Å². The smallest absolute Gasteiger partial charge is 0.227 e. The molecule has 0 bridgehead atoms. The molecule has 16 heavy (non-hydrogen) atoms. The van der Waals surface area contributed by atoms with Crippen molar-refractivity contribution in [1.29, 1.82) is 0 Å². The van der Waals surface area contributed by atoms with Crippen LogP contribution in [0.25, 0.3) is 0 Å². The fraction of sp³-hybridized carbons (Fsp3) is 0.909. The van der Waals surface area contributed by atoms with Gasteiger partial charge in [-0.05, 0) is 13.5 Å². The van der Waals surface area contributed by atoms with Crippen molar-refractivity contribution in [3.05, 3.63) is 0 Å². The van der Waals surface area contributed by atoms with Gasteiger partial charge < -0.3 is 20.1 Å². The second kappa shape index (κ2) is 6.83. The van der Waals surface area contributed by atoms with E-state index in [4.69, 9.17) is 9.47 Å². The molecule has 5 nitrogen and oxygen atoms in total. The summed E-state index contributed by atoms with van der Waals surface area (Å²) in [5, 5.41) is 6.19. The largest absolute Gasteiger partial charge is 0.383 e. The Hall–Kier alpha value is -0.650. The summed E-state index contributed by atoms with van der Waals surface area (Å²) in [5.74, 6) is -0.0349. The third kappa shape index (κ3) is 3.73. The van der Waals surface area contributed by atoms with Gasteiger partial charge in [0, 0.05) is 19.2 Å². The van der Waals surface area contributed by atoms with E-state index in [0.717, 1.165) is 6.54 Å². The Bertz CT molecular complexity index is 223. The van der Waals surface area contributed by atoms with E-state index in [1.54, 1.807) is 7.11 Å². The Labute approximate surface area is 96.9 Å². The molecule has 0 aromatic rings. The van der Waals surface area contributed by atoms with Crippen LogP contribution < -0.4 is 10.6 Å². The van der Waals surface area contributed by atoms with Gasteiger partial charge in [-0.2, -0.15) is 0 Å². The number of ether oxygens (including phenoxy) is 2. The summed E-state index contributed by atoms with van der Waals surface area (Å²) in [6.07, 6.45) is 0. The Balaban J connectivity index is 2.40. The monoisotopic (exact) mass is 230 g/mol. The maximum Gasteiger partial charge on any atom is 0.227 e.